The molecule has 0 aliphatic rings. The standard InChI is InChI=1S/C5H5IN2O2/c1-8-2-7-4(6)3(8)5(9)10/h2H,1H3,(H,9,10). The molecule has 0 unspecified atom stereocenters. The van der Waals surface area contributed by atoms with Gasteiger partial charge in [-0.15, -0.1) is 0 Å². The maximum Gasteiger partial charge on any atom is 0.355 e. The highest BCUT2D eigenvalue weighted by molar-refractivity contribution is 14.1. The summed E-state index contributed by atoms with van der Waals surface area (Å²) < 4.78 is 2.00. The molecule has 0 saturated carbocycles. The number of carboxylic acid groups (broad SMARTS) is 1. The Labute approximate surface area is 71.0 Å². The molecule has 0 spiro atoms. The van der Waals surface area contributed by atoms with E-state index in [4.69, 9.17) is 5.11 Å². The summed E-state index contributed by atoms with van der Waals surface area (Å²) in [5.41, 5.74) is 0.237. The molecule has 0 amide bonds. The van der Waals surface area contributed by atoms with E-state index in [-0.39, 0.29) is 5.69 Å². The fourth-order valence-electron chi connectivity index (χ4n) is 0.641. The van der Waals surface area contributed by atoms with Crippen molar-refractivity contribution in [2.45, 2.75) is 0 Å². The maximum absolute atomic E-state index is 10.4. The molecule has 5 heteroatoms. The zero-order valence-electron chi connectivity index (χ0n) is 5.21. The van der Waals surface area contributed by atoms with Gasteiger partial charge in [0.05, 0.1) is 6.33 Å². The second-order valence-corrected chi connectivity index (χ2v) is 2.82. The first-order chi connectivity index (χ1) is 4.63. The fourth-order valence-corrected chi connectivity index (χ4v) is 1.38. The van der Waals surface area contributed by atoms with E-state index in [1.807, 2.05) is 22.6 Å². The zero-order chi connectivity index (χ0) is 7.72. The molecule has 0 saturated heterocycles. The summed E-state index contributed by atoms with van der Waals surface area (Å²) in [5.74, 6) is -0.940. The van der Waals surface area contributed by atoms with Crippen molar-refractivity contribution < 1.29 is 9.90 Å². The van der Waals surface area contributed by atoms with Gasteiger partial charge >= 0.3 is 5.97 Å². The molecule has 0 bridgehead atoms. The highest BCUT2D eigenvalue weighted by atomic mass is 127. The van der Waals surface area contributed by atoms with Crippen molar-refractivity contribution in [3.05, 3.63) is 15.7 Å². The number of carboxylic acids is 1. The molecular weight excluding hydrogens is 247 g/mol. The molecule has 1 aromatic heterocycles. The van der Waals surface area contributed by atoms with Crippen LogP contribution < -0.4 is 0 Å². The maximum atomic E-state index is 10.4. The van der Waals surface area contributed by atoms with Crippen molar-refractivity contribution in [1.82, 2.24) is 9.55 Å². The lowest BCUT2D eigenvalue weighted by Gasteiger charge is -1.93. The van der Waals surface area contributed by atoms with Crippen LogP contribution >= 0.6 is 22.6 Å². The first-order valence-electron chi connectivity index (χ1n) is 2.53. The predicted octanol–water partition coefficient (Wildman–Crippen LogP) is 0.723. The number of hydrogen-bond acceptors (Lipinski definition) is 2. The van der Waals surface area contributed by atoms with Crippen LogP contribution in [0.5, 0.6) is 0 Å². The Balaban J connectivity index is 3.23. The van der Waals surface area contributed by atoms with Gasteiger partial charge in [-0.3, -0.25) is 0 Å². The largest absolute Gasteiger partial charge is 0.476 e. The summed E-state index contributed by atoms with van der Waals surface area (Å²) in [6, 6.07) is 0. The van der Waals surface area contributed by atoms with Gasteiger partial charge < -0.3 is 9.67 Å². The summed E-state index contributed by atoms with van der Waals surface area (Å²) in [6.07, 6.45) is 1.48. The molecular formula is C5H5IN2O2. The van der Waals surface area contributed by atoms with E-state index in [0.717, 1.165) is 0 Å². The van der Waals surface area contributed by atoms with Gasteiger partial charge in [0.15, 0.2) is 5.69 Å². The van der Waals surface area contributed by atoms with Gasteiger partial charge in [-0.1, -0.05) is 0 Å². The lowest BCUT2D eigenvalue weighted by molar-refractivity contribution is 0.0685. The van der Waals surface area contributed by atoms with Crippen LogP contribution in [0.1, 0.15) is 10.5 Å². The average Bonchev–Trinajstić information content (AvgIpc) is 2.11. The van der Waals surface area contributed by atoms with Crippen molar-refractivity contribution in [3.63, 3.8) is 0 Å². The Kier molecular flexibility index (Phi) is 1.93. The Bertz CT molecular complexity index is 249. The quantitative estimate of drug-likeness (QED) is 0.749. The molecule has 0 aromatic carbocycles. The Hall–Kier alpha value is -0.590. The van der Waals surface area contributed by atoms with Crippen LogP contribution in [0.3, 0.4) is 0 Å². The van der Waals surface area contributed by atoms with Crippen molar-refractivity contribution >= 4 is 28.6 Å². The van der Waals surface area contributed by atoms with Crippen molar-refractivity contribution in [2.75, 3.05) is 0 Å². The number of halogens is 1. The molecule has 1 aromatic rings. The predicted molar refractivity (Wildman–Crippen MR) is 42.9 cm³/mol. The van der Waals surface area contributed by atoms with Gasteiger partial charge in [-0.25, -0.2) is 9.78 Å². The number of imidazole rings is 1. The molecule has 54 valence electrons. The second kappa shape index (κ2) is 2.57. The molecule has 0 atom stereocenters. The molecule has 1 rings (SSSR count). The number of carbonyl (C=O) groups is 1. The first-order valence-corrected chi connectivity index (χ1v) is 3.61. The van der Waals surface area contributed by atoms with E-state index < -0.39 is 5.97 Å². The minimum Gasteiger partial charge on any atom is -0.476 e. The van der Waals surface area contributed by atoms with E-state index in [0.29, 0.717) is 3.70 Å². The van der Waals surface area contributed by atoms with E-state index in [1.165, 1.54) is 10.9 Å². The third kappa shape index (κ3) is 1.13. The van der Waals surface area contributed by atoms with Crippen LogP contribution in [0.25, 0.3) is 0 Å². The van der Waals surface area contributed by atoms with Crippen molar-refractivity contribution in [2.24, 2.45) is 7.05 Å². The van der Waals surface area contributed by atoms with E-state index in [9.17, 15) is 4.79 Å². The SMILES string of the molecule is Cn1cnc(I)c1C(=O)O. The molecule has 4 nitrogen and oxygen atoms in total. The molecule has 10 heavy (non-hydrogen) atoms. The fraction of sp³-hybridized carbons (Fsp3) is 0.200. The molecule has 0 aliphatic heterocycles. The van der Waals surface area contributed by atoms with Crippen LogP contribution in [0.2, 0.25) is 0 Å². The number of rotatable bonds is 1. The Morgan fingerprint density at radius 2 is 2.50 bits per heavy atom. The summed E-state index contributed by atoms with van der Waals surface area (Å²) >= 11 is 1.88. The lowest BCUT2D eigenvalue weighted by Crippen LogP contribution is -2.05. The van der Waals surface area contributed by atoms with Crippen LogP contribution in [0, 0.1) is 3.70 Å². The Morgan fingerprint density at radius 3 is 2.70 bits per heavy atom. The number of hydrogen-bond donors (Lipinski definition) is 1. The molecule has 0 aliphatic carbocycles. The van der Waals surface area contributed by atoms with Gasteiger partial charge in [0.1, 0.15) is 3.70 Å². The first kappa shape index (κ1) is 7.52. The zero-order valence-corrected chi connectivity index (χ0v) is 7.36. The number of aromatic nitrogens is 2. The van der Waals surface area contributed by atoms with Crippen molar-refractivity contribution in [3.8, 4) is 0 Å². The third-order valence-corrected chi connectivity index (χ3v) is 1.88. The van der Waals surface area contributed by atoms with Crippen LogP contribution in [0.15, 0.2) is 6.33 Å². The summed E-state index contributed by atoms with van der Waals surface area (Å²) in [6.45, 7) is 0. The third-order valence-electron chi connectivity index (χ3n) is 1.09. The van der Waals surface area contributed by atoms with E-state index >= 15 is 0 Å². The van der Waals surface area contributed by atoms with Gasteiger partial charge in [0.25, 0.3) is 0 Å². The number of aryl methyl sites for hydroxylation is 1. The van der Waals surface area contributed by atoms with Crippen LogP contribution in [-0.2, 0) is 7.05 Å². The highest BCUT2D eigenvalue weighted by Gasteiger charge is 2.12. The van der Waals surface area contributed by atoms with Gasteiger partial charge in [-0.2, -0.15) is 0 Å². The van der Waals surface area contributed by atoms with Gasteiger partial charge in [0.2, 0.25) is 0 Å². The summed E-state index contributed by atoms with van der Waals surface area (Å²) in [4.78, 5) is 14.2. The average molecular weight is 252 g/mol. The number of nitrogens with zero attached hydrogens (tertiary/aromatic N) is 2. The molecule has 0 radical (unpaired) electrons. The van der Waals surface area contributed by atoms with Gasteiger partial charge in [-0.05, 0) is 22.6 Å². The van der Waals surface area contributed by atoms with Crippen LogP contribution in [0.4, 0.5) is 0 Å². The minimum absolute atomic E-state index is 0.237. The van der Waals surface area contributed by atoms with Crippen molar-refractivity contribution in [1.29, 1.82) is 0 Å². The molecule has 0 fully saturated rings. The topological polar surface area (TPSA) is 55.1 Å². The normalized spacial score (nSPS) is 9.80. The molecule has 1 heterocycles. The van der Waals surface area contributed by atoms with E-state index in [2.05, 4.69) is 4.98 Å². The monoisotopic (exact) mass is 252 g/mol. The van der Waals surface area contributed by atoms with Gasteiger partial charge in [0, 0.05) is 7.05 Å². The molecule has 1 N–H and O–H groups in total. The smallest absolute Gasteiger partial charge is 0.355 e. The van der Waals surface area contributed by atoms with E-state index in [1.54, 1.807) is 7.05 Å². The highest BCUT2D eigenvalue weighted by Crippen LogP contribution is 2.07. The number of aromatic carboxylic acids is 1. The summed E-state index contributed by atoms with van der Waals surface area (Å²) in [5, 5.41) is 8.57. The minimum atomic E-state index is -0.940. The Morgan fingerprint density at radius 1 is 1.90 bits per heavy atom. The van der Waals surface area contributed by atoms with Crippen LogP contribution in [-0.4, -0.2) is 20.6 Å². The lowest BCUT2D eigenvalue weighted by atomic mass is 10.5. The summed E-state index contributed by atoms with van der Waals surface area (Å²) in [7, 11) is 1.65. The second-order valence-electron chi connectivity index (χ2n) is 1.80.